The van der Waals surface area contributed by atoms with Crippen LogP contribution in [0.1, 0.15) is 52.0 Å². The lowest BCUT2D eigenvalue weighted by Crippen LogP contribution is -2.03. The van der Waals surface area contributed by atoms with Crippen LogP contribution in [0.15, 0.2) is 92.1 Å². The summed E-state index contributed by atoms with van der Waals surface area (Å²) >= 11 is 17.6. The van der Waals surface area contributed by atoms with E-state index in [9.17, 15) is 13.0 Å². The molecule has 0 fully saturated rings. The summed E-state index contributed by atoms with van der Waals surface area (Å²) in [5.74, 6) is 1.13. The van der Waals surface area contributed by atoms with Crippen molar-refractivity contribution in [1.29, 1.82) is 0 Å². The number of hydrogen-bond donors (Lipinski definition) is 1. The van der Waals surface area contributed by atoms with E-state index in [1.54, 1.807) is 6.92 Å². The molecule has 0 aliphatic heterocycles. The van der Waals surface area contributed by atoms with Crippen LogP contribution in [-0.2, 0) is 33.6 Å². The summed E-state index contributed by atoms with van der Waals surface area (Å²) in [5, 5.41) is 17.6. The van der Waals surface area contributed by atoms with Crippen LogP contribution in [-0.4, -0.2) is 40.5 Å². The lowest BCUT2D eigenvalue weighted by molar-refractivity contribution is 0.483. The third-order valence-corrected chi connectivity index (χ3v) is 9.13. The first-order chi connectivity index (χ1) is 24.9. The fraction of sp³-hybridized carbons (Fsp3) is 0.229. The van der Waals surface area contributed by atoms with Crippen LogP contribution >= 0.6 is 34.8 Å². The maximum absolute atomic E-state index is 11.4. The van der Waals surface area contributed by atoms with Crippen LogP contribution in [0.25, 0.3) is 0 Å². The van der Waals surface area contributed by atoms with Gasteiger partial charge in [0.05, 0.1) is 27.8 Å². The van der Waals surface area contributed by atoms with Crippen molar-refractivity contribution in [1.82, 2.24) is 15.0 Å². The first-order valence-electron chi connectivity index (χ1n) is 15.6. The topological polar surface area (TPSA) is 194 Å². The number of benzene rings is 4. The molecule has 0 bridgehead atoms. The van der Waals surface area contributed by atoms with Gasteiger partial charge in [0, 0.05) is 11.4 Å². The van der Waals surface area contributed by atoms with Gasteiger partial charge in [-0.2, -0.15) is 28.9 Å². The zero-order valence-electron chi connectivity index (χ0n) is 29.3. The lowest BCUT2D eigenvalue weighted by Gasteiger charge is -2.09. The van der Waals surface area contributed by atoms with Gasteiger partial charge in [-0.1, -0.05) is 42.3 Å². The molecule has 13 nitrogen and oxygen atoms in total. The van der Waals surface area contributed by atoms with Crippen LogP contribution < -0.4 is 0 Å². The highest BCUT2D eigenvalue weighted by atomic mass is 35.5. The van der Waals surface area contributed by atoms with Crippen molar-refractivity contribution in [2.75, 3.05) is 0 Å². The van der Waals surface area contributed by atoms with Gasteiger partial charge in [0.2, 0.25) is 5.28 Å². The molecule has 0 saturated heterocycles. The van der Waals surface area contributed by atoms with Crippen molar-refractivity contribution in [3.05, 3.63) is 127 Å². The van der Waals surface area contributed by atoms with Crippen molar-refractivity contribution in [2.24, 2.45) is 20.5 Å². The third-order valence-electron chi connectivity index (χ3n) is 7.37. The zero-order valence-corrected chi connectivity index (χ0v) is 33.2. The van der Waals surface area contributed by atoms with Crippen molar-refractivity contribution in [3.63, 3.8) is 0 Å². The summed E-state index contributed by atoms with van der Waals surface area (Å²) in [7, 11) is -7.57. The van der Waals surface area contributed by atoms with Crippen LogP contribution in [0.3, 0.4) is 0 Å². The van der Waals surface area contributed by atoms with E-state index >= 15 is 0 Å². The second kappa shape index (κ2) is 19.5. The molecule has 5 aromatic rings. The first kappa shape index (κ1) is 42.9. The molecule has 4 aromatic carbocycles. The fourth-order valence-electron chi connectivity index (χ4n) is 4.74. The van der Waals surface area contributed by atoms with E-state index in [1.165, 1.54) is 23.3 Å². The van der Waals surface area contributed by atoms with Gasteiger partial charge in [-0.3, -0.25) is 4.55 Å². The summed E-state index contributed by atoms with van der Waals surface area (Å²) in [4.78, 5) is 12.0. The van der Waals surface area contributed by atoms with E-state index in [0.717, 1.165) is 46.1 Å². The molecule has 53 heavy (non-hydrogen) atoms. The van der Waals surface area contributed by atoms with Crippen LogP contribution in [0.2, 0.25) is 15.3 Å². The highest BCUT2D eigenvalue weighted by Crippen LogP contribution is 2.30. The number of aromatic nitrogens is 3. The van der Waals surface area contributed by atoms with Crippen LogP contribution in [0, 0.1) is 34.6 Å². The van der Waals surface area contributed by atoms with Gasteiger partial charge in [0.25, 0.3) is 10.1 Å². The normalized spacial score (nSPS) is 11.2. The number of azo groups is 2. The Morgan fingerprint density at radius 1 is 0.660 bits per heavy atom. The standard InChI is InChI=1S/C19H17Cl2N5O3S.C16H17ClN2.O3S/c1-10-7-16(26-25-14-4-5-15(20)17(9-14)30(27,28)29)11(2)6-13(10)8-18-22-12(3)23-19(21)24-18;1-4-13-9-12(3)16(10-11(13)2)19-18-15-7-5-14(17)6-8-15;1-4(2)3/h4-7,9H,8H2,1-3H3,(H,27,28,29);5-10H,4H2,1-3H3;. The smallest absolute Gasteiger partial charge is 0.282 e. The predicted molar refractivity (Wildman–Crippen MR) is 204 cm³/mol. The Kier molecular flexibility index (Phi) is 15.8. The summed E-state index contributed by atoms with van der Waals surface area (Å²) in [5.41, 5.74) is 9.19. The molecule has 0 aliphatic rings. The van der Waals surface area contributed by atoms with Gasteiger partial charge in [0.15, 0.2) is 0 Å². The number of hydrogen-bond acceptors (Lipinski definition) is 12. The summed E-state index contributed by atoms with van der Waals surface area (Å²) in [6.45, 7) is 11.9. The van der Waals surface area contributed by atoms with E-state index in [4.69, 9.17) is 47.4 Å². The first-order valence-corrected chi connectivity index (χ1v) is 19.1. The summed E-state index contributed by atoms with van der Waals surface area (Å²) in [6.07, 6.45) is 1.53. The minimum Gasteiger partial charge on any atom is -0.282 e. The predicted octanol–water partition coefficient (Wildman–Crippen LogP) is 10.3. The molecule has 0 atom stereocenters. The van der Waals surface area contributed by atoms with Gasteiger partial charge in [-0.25, -0.2) is 15.0 Å². The van der Waals surface area contributed by atoms with Gasteiger partial charge < -0.3 is 0 Å². The fourth-order valence-corrected chi connectivity index (χ4v) is 6.08. The molecule has 0 radical (unpaired) electrons. The number of nitrogens with zero attached hydrogens (tertiary/aromatic N) is 7. The SMILES string of the molecule is CCc1cc(C)c(N=Nc2ccc(Cl)cc2)cc1C.Cc1nc(Cl)nc(Cc2cc(C)c(N=Nc3ccc(Cl)c(S(=O)(=O)O)c3)cc2C)n1.O=S(=O)=O. The summed E-state index contributed by atoms with van der Waals surface area (Å²) < 4.78 is 57.3. The molecule has 0 saturated carbocycles. The van der Waals surface area contributed by atoms with Crippen molar-refractivity contribution in [2.45, 2.75) is 59.3 Å². The molecule has 1 N–H and O–H groups in total. The highest BCUT2D eigenvalue weighted by Gasteiger charge is 2.15. The molecule has 0 spiro atoms. The molecular formula is C35H34Cl3N7O6S2. The average Bonchev–Trinajstić information content (AvgIpc) is 3.06. The molecule has 0 amide bonds. The van der Waals surface area contributed by atoms with Gasteiger partial charge in [0.1, 0.15) is 16.5 Å². The lowest BCUT2D eigenvalue weighted by atomic mass is 10.0. The van der Waals surface area contributed by atoms with E-state index < -0.39 is 25.6 Å². The number of aryl methyl sites for hydroxylation is 6. The molecule has 18 heteroatoms. The van der Waals surface area contributed by atoms with E-state index in [0.29, 0.717) is 28.8 Å². The summed E-state index contributed by atoms with van der Waals surface area (Å²) in [6, 6.07) is 19.4. The second-order valence-corrected chi connectivity index (χ2v) is 14.4. The molecule has 0 unspecified atom stereocenters. The van der Waals surface area contributed by atoms with E-state index in [1.807, 2.05) is 50.2 Å². The van der Waals surface area contributed by atoms with E-state index in [-0.39, 0.29) is 16.0 Å². The molecule has 0 aliphatic carbocycles. The monoisotopic (exact) mass is 817 g/mol. The maximum Gasteiger partial charge on any atom is 0.425 e. The van der Waals surface area contributed by atoms with Crippen molar-refractivity contribution in [3.8, 4) is 0 Å². The average molecular weight is 819 g/mol. The number of rotatable bonds is 8. The third kappa shape index (κ3) is 13.8. The van der Waals surface area contributed by atoms with Crippen LogP contribution in [0.4, 0.5) is 22.7 Å². The van der Waals surface area contributed by atoms with E-state index in [2.05, 4.69) is 68.3 Å². The molecule has 1 heterocycles. The van der Waals surface area contributed by atoms with Crippen molar-refractivity contribution >= 4 is 78.3 Å². The molecule has 1 aromatic heterocycles. The molecular weight excluding hydrogens is 785 g/mol. The number of halogens is 3. The Morgan fingerprint density at radius 2 is 1.17 bits per heavy atom. The Labute approximate surface area is 324 Å². The Balaban J connectivity index is 0.000000281. The van der Waals surface area contributed by atoms with Gasteiger partial charge in [-0.15, -0.1) is 12.6 Å². The minimum atomic E-state index is -4.45. The Hall–Kier alpha value is -4.51. The second-order valence-electron chi connectivity index (χ2n) is 11.4. The van der Waals surface area contributed by atoms with Crippen LogP contribution in [0.5, 0.6) is 0 Å². The molecule has 278 valence electrons. The zero-order chi connectivity index (χ0) is 39.5. The minimum absolute atomic E-state index is 0.0958. The quantitative estimate of drug-likeness (QED) is 0.117. The van der Waals surface area contributed by atoms with Gasteiger partial charge >= 0.3 is 10.6 Å². The Bertz CT molecular complexity index is 2370. The highest BCUT2D eigenvalue weighted by molar-refractivity contribution is 7.86. The Morgan fingerprint density at radius 3 is 1.70 bits per heavy atom. The van der Waals surface area contributed by atoms with Gasteiger partial charge in [-0.05, 0) is 141 Å². The molecule has 5 rings (SSSR count). The largest absolute Gasteiger partial charge is 0.425 e. The van der Waals surface area contributed by atoms with Crippen molar-refractivity contribution < 1.29 is 25.6 Å². The maximum atomic E-state index is 11.4.